The lowest BCUT2D eigenvalue weighted by atomic mass is 10.3. The van der Waals surface area contributed by atoms with Gasteiger partial charge in [-0.15, -0.1) is 0 Å². The van der Waals surface area contributed by atoms with Crippen LogP contribution >= 0.6 is 0 Å². The first kappa shape index (κ1) is 11.0. The van der Waals surface area contributed by atoms with Crippen LogP contribution in [0.15, 0.2) is 18.3 Å². The molecule has 78 valence electrons. The molecule has 3 nitrogen and oxygen atoms in total. The zero-order chi connectivity index (χ0) is 10.4. The van der Waals surface area contributed by atoms with Crippen LogP contribution in [0.5, 0.6) is 5.75 Å². The van der Waals surface area contributed by atoms with E-state index in [0.717, 1.165) is 18.8 Å². The van der Waals surface area contributed by atoms with Gasteiger partial charge >= 0.3 is 0 Å². The fourth-order valence-electron chi connectivity index (χ4n) is 1.29. The summed E-state index contributed by atoms with van der Waals surface area (Å²) >= 11 is 0. The Morgan fingerprint density at radius 1 is 1.43 bits per heavy atom. The Balaban J connectivity index is 2.39. The zero-order valence-electron chi connectivity index (χ0n) is 8.90. The highest BCUT2D eigenvalue weighted by Crippen LogP contribution is 2.07. The summed E-state index contributed by atoms with van der Waals surface area (Å²) in [6, 6.07) is 3.54. The molecule has 0 aliphatic heterocycles. The molecule has 0 saturated carbocycles. The Bertz CT molecular complexity index is 258. The molecule has 0 aliphatic rings. The molecule has 14 heavy (non-hydrogen) atoms. The van der Waals surface area contributed by atoms with Gasteiger partial charge in [-0.2, -0.15) is 0 Å². The van der Waals surface area contributed by atoms with Crippen LogP contribution in [0.3, 0.4) is 0 Å². The predicted octanol–water partition coefficient (Wildman–Crippen LogP) is 2.02. The highest BCUT2D eigenvalue weighted by Gasteiger charge is 2.00. The Kier molecular flexibility index (Phi) is 4.40. The molecule has 1 rings (SSSR count). The number of nitrogens with zero attached hydrogens (tertiary/aromatic N) is 2. The quantitative estimate of drug-likeness (QED) is 0.779. The third-order valence-corrected chi connectivity index (χ3v) is 2.13. The minimum Gasteiger partial charge on any atom is -0.506 e. The topological polar surface area (TPSA) is 36.4 Å². The summed E-state index contributed by atoms with van der Waals surface area (Å²) in [5, 5.41) is 9.06. The van der Waals surface area contributed by atoms with E-state index < -0.39 is 0 Å². The summed E-state index contributed by atoms with van der Waals surface area (Å²) in [7, 11) is 2.09. The average molecular weight is 194 g/mol. The molecule has 0 aliphatic carbocycles. The van der Waals surface area contributed by atoms with Gasteiger partial charge in [0.25, 0.3) is 0 Å². The Hall–Kier alpha value is -1.09. The summed E-state index contributed by atoms with van der Waals surface area (Å²) in [4.78, 5) is 6.37. The lowest BCUT2D eigenvalue weighted by Gasteiger charge is -2.15. The van der Waals surface area contributed by atoms with Gasteiger partial charge in [-0.25, -0.2) is 0 Å². The zero-order valence-corrected chi connectivity index (χ0v) is 8.90. The molecule has 0 saturated heterocycles. The van der Waals surface area contributed by atoms with Gasteiger partial charge in [0.15, 0.2) is 0 Å². The van der Waals surface area contributed by atoms with Crippen LogP contribution in [0, 0.1) is 0 Å². The third kappa shape index (κ3) is 3.75. The van der Waals surface area contributed by atoms with Gasteiger partial charge in [-0.1, -0.05) is 13.3 Å². The van der Waals surface area contributed by atoms with E-state index in [2.05, 4.69) is 23.9 Å². The first-order valence-electron chi connectivity index (χ1n) is 5.05. The van der Waals surface area contributed by atoms with E-state index in [4.69, 9.17) is 5.11 Å². The third-order valence-electron chi connectivity index (χ3n) is 2.13. The SMILES string of the molecule is CCCCN(C)Cc1ccc(O)cn1. The second-order valence-corrected chi connectivity index (χ2v) is 3.60. The van der Waals surface area contributed by atoms with Crippen LogP contribution in [-0.4, -0.2) is 28.6 Å². The molecular formula is C11H18N2O. The fraction of sp³-hybridized carbons (Fsp3) is 0.545. The Labute approximate surface area is 85.4 Å². The minimum atomic E-state index is 0.227. The molecule has 0 spiro atoms. The van der Waals surface area contributed by atoms with Gasteiger partial charge in [0.2, 0.25) is 0 Å². The Morgan fingerprint density at radius 2 is 2.21 bits per heavy atom. The van der Waals surface area contributed by atoms with Crippen molar-refractivity contribution in [1.29, 1.82) is 0 Å². The van der Waals surface area contributed by atoms with Crippen molar-refractivity contribution in [1.82, 2.24) is 9.88 Å². The molecule has 0 radical (unpaired) electrons. The minimum absolute atomic E-state index is 0.227. The molecular weight excluding hydrogens is 176 g/mol. The summed E-state index contributed by atoms with van der Waals surface area (Å²) in [6.45, 7) is 4.13. The van der Waals surface area contributed by atoms with Crippen molar-refractivity contribution < 1.29 is 5.11 Å². The van der Waals surface area contributed by atoms with Crippen LogP contribution < -0.4 is 0 Å². The van der Waals surface area contributed by atoms with E-state index in [1.54, 1.807) is 6.07 Å². The fourth-order valence-corrected chi connectivity index (χ4v) is 1.29. The predicted molar refractivity (Wildman–Crippen MR) is 57.1 cm³/mol. The maximum absolute atomic E-state index is 9.06. The first-order chi connectivity index (χ1) is 6.72. The van der Waals surface area contributed by atoms with Gasteiger partial charge in [0.05, 0.1) is 11.9 Å². The second-order valence-electron chi connectivity index (χ2n) is 3.60. The molecule has 0 aromatic carbocycles. The molecule has 0 unspecified atom stereocenters. The number of unbranched alkanes of at least 4 members (excludes halogenated alkanes) is 1. The molecule has 1 aromatic heterocycles. The van der Waals surface area contributed by atoms with E-state index in [9.17, 15) is 0 Å². The van der Waals surface area contributed by atoms with Crippen molar-refractivity contribution in [3.63, 3.8) is 0 Å². The number of rotatable bonds is 5. The lowest BCUT2D eigenvalue weighted by molar-refractivity contribution is 0.316. The molecule has 0 atom stereocenters. The average Bonchev–Trinajstić information content (AvgIpc) is 2.18. The number of aromatic hydroxyl groups is 1. The number of aromatic nitrogens is 1. The van der Waals surface area contributed by atoms with E-state index in [1.165, 1.54) is 19.0 Å². The van der Waals surface area contributed by atoms with Gasteiger partial charge in [0.1, 0.15) is 5.75 Å². The van der Waals surface area contributed by atoms with Crippen molar-refractivity contribution in [2.24, 2.45) is 0 Å². The molecule has 1 aromatic rings. The number of hydrogen-bond acceptors (Lipinski definition) is 3. The standard InChI is InChI=1S/C11H18N2O/c1-3-4-7-13(2)9-10-5-6-11(14)8-12-10/h5-6,8,14H,3-4,7,9H2,1-2H3. The molecule has 0 bridgehead atoms. The van der Waals surface area contributed by atoms with Crippen LogP contribution in [-0.2, 0) is 6.54 Å². The largest absolute Gasteiger partial charge is 0.506 e. The van der Waals surface area contributed by atoms with Crippen molar-refractivity contribution in [2.75, 3.05) is 13.6 Å². The van der Waals surface area contributed by atoms with Crippen molar-refractivity contribution in [2.45, 2.75) is 26.3 Å². The van der Waals surface area contributed by atoms with Crippen LogP contribution in [0.2, 0.25) is 0 Å². The second kappa shape index (κ2) is 5.60. The maximum atomic E-state index is 9.06. The van der Waals surface area contributed by atoms with E-state index in [0.29, 0.717) is 0 Å². The molecule has 0 fully saturated rings. The van der Waals surface area contributed by atoms with Crippen molar-refractivity contribution in [3.8, 4) is 5.75 Å². The molecule has 1 heterocycles. The van der Waals surface area contributed by atoms with Crippen LogP contribution in [0.4, 0.5) is 0 Å². The van der Waals surface area contributed by atoms with E-state index in [-0.39, 0.29) is 5.75 Å². The summed E-state index contributed by atoms with van der Waals surface area (Å²) in [5.74, 6) is 0.227. The van der Waals surface area contributed by atoms with E-state index in [1.807, 2.05) is 6.07 Å². The van der Waals surface area contributed by atoms with Gasteiger partial charge in [-0.05, 0) is 32.1 Å². The highest BCUT2D eigenvalue weighted by atomic mass is 16.3. The van der Waals surface area contributed by atoms with Gasteiger partial charge < -0.3 is 10.0 Å². The Morgan fingerprint density at radius 3 is 2.79 bits per heavy atom. The van der Waals surface area contributed by atoms with E-state index >= 15 is 0 Å². The summed E-state index contributed by atoms with van der Waals surface area (Å²) in [6.07, 6.45) is 3.92. The highest BCUT2D eigenvalue weighted by molar-refractivity contribution is 5.17. The first-order valence-corrected chi connectivity index (χ1v) is 5.05. The smallest absolute Gasteiger partial charge is 0.133 e. The summed E-state index contributed by atoms with van der Waals surface area (Å²) < 4.78 is 0. The molecule has 3 heteroatoms. The number of pyridine rings is 1. The van der Waals surface area contributed by atoms with Gasteiger partial charge in [0, 0.05) is 6.54 Å². The lowest BCUT2D eigenvalue weighted by Crippen LogP contribution is -2.19. The molecule has 0 amide bonds. The van der Waals surface area contributed by atoms with Crippen molar-refractivity contribution >= 4 is 0 Å². The van der Waals surface area contributed by atoms with Crippen LogP contribution in [0.25, 0.3) is 0 Å². The molecule has 1 N–H and O–H groups in total. The van der Waals surface area contributed by atoms with Crippen molar-refractivity contribution in [3.05, 3.63) is 24.0 Å². The monoisotopic (exact) mass is 194 g/mol. The van der Waals surface area contributed by atoms with Crippen LogP contribution in [0.1, 0.15) is 25.5 Å². The number of hydrogen-bond donors (Lipinski definition) is 1. The van der Waals surface area contributed by atoms with Gasteiger partial charge in [-0.3, -0.25) is 4.98 Å². The normalized spacial score (nSPS) is 10.8. The maximum Gasteiger partial charge on any atom is 0.133 e. The summed E-state index contributed by atoms with van der Waals surface area (Å²) in [5.41, 5.74) is 1.00.